The van der Waals surface area contributed by atoms with Crippen LogP contribution in [0.5, 0.6) is 0 Å². The normalized spacial score (nSPS) is 10.9. The van der Waals surface area contributed by atoms with Gasteiger partial charge in [-0.25, -0.2) is 14.8 Å². The minimum atomic E-state index is -0.607. The van der Waals surface area contributed by atoms with Gasteiger partial charge in [0.15, 0.2) is 16.9 Å². The molecule has 0 radical (unpaired) electrons. The summed E-state index contributed by atoms with van der Waals surface area (Å²) in [5, 5.41) is 8.71. The summed E-state index contributed by atoms with van der Waals surface area (Å²) >= 11 is 0. The molecule has 0 unspecified atom stereocenters. The van der Waals surface area contributed by atoms with E-state index in [0.717, 1.165) is 4.57 Å². The molecule has 0 aliphatic rings. The highest BCUT2D eigenvalue weighted by Crippen LogP contribution is 2.04. The highest BCUT2D eigenvalue weighted by Gasteiger charge is 2.14. The second-order valence-corrected chi connectivity index (χ2v) is 4.03. The van der Waals surface area contributed by atoms with Crippen LogP contribution in [0.2, 0.25) is 0 Å². The van der Waals surface area contributed by atoms with Crippen LogP contribution in [0.1, 0.15) is 16.9 Å². The van der Waals surface area contributed by atoms with Crippen LogP contribution >= 0.6 is 0 Å². The molecular weight excluding hydrogens is 252 g/mol. The average molecular weight is 264 g/mol. The number of aliphatic hydroxyl groups is 1. The van der Waals surface area contributed by atoms with Crippen molar-refractivity contribution < 1.29 is 9.90 Å². The first-order chi connectivity index (χ1) is 8.97. The van der Waals surface area contributed by atoms with Crippen molar-refractivity contribution in [1.82, 2.24) is 19.1 Å². The third-order valence-electron chi connectivity index (χ3n) is 2.78. The number of nitrogens with zero attached hydrogens (tertiary/aromatic N) is 4. The van der Waals surface area contributed by atoms with Gasteiger partial charge in [-0.2, -0.15) is 0 Å². The van der Waals surface area contributed by atoms with Gasteiger partial charge in [0.2, 0.25) is 0 Å². The maximum absolute atomic E-state index is 11.9. The molecule has 0 amide bonds. The van der Waals surface area contributed by atoms with Crippen LogP contribution in [0.4, 0.5) is 0 Å². The molecule has 2 aromatic rings. The Kier molecular flexibility index (Phi) is 3.26. The number of hydrogen-bond acceptors (Lipinski definition) is 6. The van der Waals surface area contributed by atoms with Crippen LogP contribution in [-0.2, 0) is 14.1 Å². The SMILES string of the molecule is Cn1c(=O)c2nc(C(=O)CCO)cnc2n(C)c1=O. The highest BCUT2D eigenvalue weighted by molar-refractivity contribution is 5.95. The third-order valence-corrected chi connectivity index (χ3v) is 2.78. The van der Waals surface area contributed by atoms with E-state index in [1.54, 1.807) is 0 Å². The smallest absolute Gasteiger partial charge is 0.332 e. The van der Waals surface area contributed by atoms with E-state index in [4.69, 9.17) is 5.11 Å². The molecule has 2 rings (SSSR count). The lowest BCUT2D eigenvalue weighted by molar-refractivity contribution is 0.0951. The largest absolute Gasteiger partial charge is 0.396 e. The minimum absolute atomic E-state index is 0.00250. The third kappa shape index (κ3) is 2.06. The minimum Gasteiger partial charge on any atom is -0.396 e. The van der Waals surface area contributed by atoms with E-state index >= 15 is 0 Å². The molecular formula is C11H12N4O4. The molecule has 2 heterocycles. The summed E-state index contributed by atoms with van der Waals surface area (Å²) in [5.41, 5.74) is -1.05. The fourth-order valence-electron chi connectivity index (χ4n) is 1.70. The molecule has 0 bridgehead atoms. The van der Waals surface area contributed by atoms with Crippen molar-refractivity contribution >= 4 is 16.9 Å². The van der Waals surface area contributed by atoms with Gasteiger partial charge in [-0.3, -0.25) is 18.7 Å². The molecule has 0 aromatic carbocycles. The van der Waals surface area contributed by atoms with E-state index < -0.39 is 17.0 Å². The van der Waals surface area contributed by atoms with E-state index in [-0.39, 0.29) is 29.9 Å². The van der Waals surface area contributed by atoms with Crippen molar-refractivity contribution in [3.63, 3.8) is 0 Å². The Morgan fingerprint density at radius 2 is 2.00 bits per heavy atom. The lowest BCUT2D eigenvalue weighted by Crippen LogP contribution is -2.38. The Bertz CT molecular complexity index is 775. The summed E-state index contributed by atoms with van der Waals surface area (Å²) in [6, 6.07) is 0. The number of aromatic nitrogens is 4. The molecule has 100 valence electrons. The van der Waals surface area contributed by atoms with Crippen molar-refractivity contribution in [2.45, 2.75) is 6.42 Å². The molecule has 1 N–H and O–H groups in total. The van der Waals surface area contributed by atoms with E-state index in [9.17, 15) is 14.4 Å². The fraction of sp³-hybridized carbons (Fsp3) is 0.364. The van der Waals surface area contributed by atoms with Crippen LogP contribution in [0, 0.1) is 0 Å². The molecule has 19 heavy (non-hydrogen) atoms. The Hall–Kier alpha value is -2.35. The predicted molar refractivity (Wildman–Crippen MR) is 66.1 cm³/mol. The Morgan fingerprint density at radius 1 is 1.32 bits per heavy atom. The van der Waals surface area contributed by atoms with E-state index in [0.29, 0.717) is 0 Å². The first-order valence-electron chi connectivity index (χ1n) is 5.54. The van der Waals surface area contributed by atoms with Gasteiger partial charge >= 0.3 is 5.69 Å². The molecule has 0 saturated carbocycles. The number of carbonyl (C=O) groups excluding carboxylic acids is 1. The monoisotopic (exact) mass is 264 g/mol. The van der Waals surface area contributed by atoms with Crippen LogP contribution in [0.3, 0.4) is 0 Å². The second-order valence-electron chi connectivity index (χ2n) is 4.03. The summed E-state index contributed by atoms with van der Waals surface area (Å²) in [4.78, 5) is 43.1. The standard InChI is InChI=1S/C11H12N4O4/c1-14-9-8(10(18)15(2)11(14)19)13-6(5-12-9)7(17)3-4-16/h5,16H,3-4H2,1-2H3. The predicted octanol–water partition coefficient (Wildman–Crippen LogP) is -1.41. The van der Waals surface area contributed by atoms with Gasteiger partial charge in [0.1, 0.15) is 5.69 Å². The van der Waals surface area contributed by atoms with Gasteiger partial charge in [-0.1, -0.05) is 0 Å². The van der Waals surface area contributed by atoms with Crippen LogP contribution < -0.4 is 11.2 Å². The molecule has 0 saturated heterocycles. The summed E-state index contributed by atoms with van der Waals surface area (Å²) in [7, 11) is 2.79. The average Bonchev–Trinajstić information content (AvgIpc) is 2.42. The number of hydrogen-bond donors (Lipinski definition) is 1. The molecule has 8 nitrogen and oxygen atoms in total. The zero-order chi connectivity index (χ0) is 14.2. The molecule has 0 aliphatic carbocycles. The topological polar surface area (TPSA) is 107 Å². The summed E-state index contributed by atoms with van der Waals surface area (Å²) in [5.74, 6) is -0.409. The van der Waals surface area contributed by atoms with Crippen LogP contribution in [-0.4, -0.2) is 36.6 Å². The second kappa shape index (κ2) is 4.73. The van der Waals surface area contributed by atoms with Crippen LogP contribution in [0.25, 0.3) is 11.2 Å². The first-order valence-corrected chi connectivity index (χ1v) is 5.54. The Balaban J connectivity index is 2.77. The maximum atomic E-state index is 11.9. The number of Topliss-reactive ketones (excluding diaryl/α,β-unsaturated/α-hetero) is 1. The molecule has 2 aromatic heterocycles. The fourth-order valence-corrected chi connectivity index (χ4v) is 1.70. The summed E-state index contributed by atoms with van der Waals surface area (Å²) in [6.45, 7) is -0.302. The van der Waals surface area contributed by atoms with Crippen molar-refractivity contribution in [1.29, 1.82) is 0 Å². The number of aliphatic hydroxyl groups excluding tert-OH is 1. The number of aryl methyl sites for hydroxylation is 1. The molecule has 0 fully saturated rings. The van der Waals surface area contributed by atoms with Gasteiger partial charge < -0.3 is 5.11 Å². The van der Waals surface area contributed by atoms with E-state index in [1.165, 1.54) is 24.9 Å². The van der Waals surface area contributed by atoms with Gasteiger partial charge in [0.05, 0.1) is 12.8 Å². The Morgan fingerprint density at radius 3 is 2.63 bits per heavy atom. The van der Waals surface area contributed by atoms with Crippen molar-refractivity contribution in [3.8, 4) is 0 Å². The van der Waals surface area contributed by atoms with Crippen molar-refractivity contribution in [3.05, 3.63) is 32.7 Å². The van der Waals surface area contributed by atoms with Gasteiger partial charge in [0, 0.05) is 20.5 Å². The lowest BCUT2D eigenvalue weighted by atomic mass is 10.2. The number of fused-ring (bicyclic) bond motifs is 1. The molecule has 0 atom stereocenters. The van der Waals surface area contributed by atoms with E-state index in [2.05, 4.69) is 9.97 Å². The molecule has 0 aliphatic heterocycles. The highest BCUT2D eigenvalue weighted by atomic mass is 16.3. The number of carbonyl (C=O) groups is 1. The summed E-state index contributed by atoms with van der Waals surface area (Å²) < 4.78 is 2.08. The van der Waals surface area contributed by atoms with Gasteiger partial charge in [-0.15, -0.1) is 0 Å². The lowest BCUT2D eigenvalue weighted by Gasteiger charge is -2.06. The van der Waals surface area contributed by atoms with Gasteiger partial charge in [-0.05, 0) is 0 Å². The molecule has 0 spiro atoms. The zero-order valence-electron chi connectivity index (χ0n) is 10.5. The first kappa shape index (κ1) is 13.1. The maximum Gasteiger partial charge on any atom is 0.332 e. The summed E-state index contributed by atoms with van der Waals surface area (Å²) in [6.07, 6.45) is 1.10. The zero-order valence-corrected chi connectivity index (χ0v) is 10.5. The number of ketones is 1. The van der Waals surface area contributed by atoms with Gasteiger partial charge in [0.25, 0.3) is 5.56 Å². The molecule has 8 heteroatoms. The van der Waals surface area contributed by atoms with Crippen molar-refractivity contribution in [2.24, 2.45) is 14.1 Å². The van der Waals surface area contributed by atoms with Crippen LogP contribution in [0.15, 0.2) is 15.8 Å². The van der Waals surface area contributed by atoms with Crippen molar-refractivity contribution in [2.75, 3.05) is 6.61 Å². The number of rotatable bonds is 3. The van der Waals surface area contributed by atoms with E-state index in [1.807, 2.05) is 0 Å². The quantitative estimate of drug-likeness (QED) is 0.683. The Labute approximate surface area is 107 Å².